The number of nitrogens with zero attached hydrogens (tertiary/aromatic N) is 2. The lowest BCUT2D eigenvalue weighted by molar-refractivity contribution is -0.0344. The van der Waals surface area contributed by atoms with Gasteiger partial charge in [-0.3, -0.25) is 9.78 Å². The highest BCUT2D eigenvalue weighted by molar-refractivity contribution is 5.94. The smallest absolute Gasteiger partial charge is 0.254 e. The normalized spacial score (nSPS) is 20.2. The molecule has 1 aliphatic rings. The lowest BCUT2D eigenvalue weighted by atomic mass is 10.0. The minimum atomic E-state index is -0.467. The summed E-state index contributed by atoms with van der Waals surface area (Å²) in [6, 6.07) is 11.4. The van der Waals surface area contributed by atoms with Gasteiger partial charge in [-0.05, 0) is 37.1 Å². The van der Waals surface area contributed by atoms with Crippen molar-refractivity contribution in [2.24, 2.45) is 0 Å². The summed E-state index contributed by atoms with van der Waals surface area (Å²) in [5, 5.41) is 0. The second kappa shape index (κ2) is 7.01. The molecule has 1 fully saturated rings. The minimum absolute atomic E-state index is 0.00668. The summed E-state index contributed by atoms with van der Waals surface area (Å²) in [6.45, 7) is 3.62. The van der Waals surface area contributed by atoms with E-state index < -0.39 is 5.60 Å². The molecule has 126 valence electrons. The Bertz CT molecular complexity index is 705. The summed E-state index contributed by atoms with van der Waals surface area (Å²) in [5.41, 5.74) is 1.27. The van der Waals surface area contributed by atoms with Gasteiger partial charge in [-0.1, -0.05) is 18.2 Å². The van der Waals surface area contributed by atoms with Gasteiger partial charge >= 0.3 is 0 Å². The third kappa shape index (κ3) is 3.41. The number of carbonyl (C=O) groups is 1. The predicted octanol–water partition coefficient (Wildman–Crippen LogP) is 2.70. The molecule has 1 aromatic heterocycles. The van der Waals surface area contributed by atoms with Gasteiger partial charge in [0.25, 0.3) is 5.91 Å². The lowest BCUT2D eigenvalue weighted by Crippen LogP contribution is -2.42. The number of carbonyl (C=O) groups excluding carboxylic acids is 1. The molecular formula is C19H22N2O3. The van der Waals surface area contributed by atoms with Crippen LogP contribution in [0.5, 0.6) is 5.75 Å². The number of likely N-dealkylation sites (tertiary alicyclic amines) is 1. The Balaban J connectivity index is 1.67. The molecule has 1 saturated heterocycles. The highest BCUT2D eigenvalue weighted by Gasteiger charge is 2.41. The van der Waals surface area contributed by atoms with E-state index in [-0.39, 0.29) is 5.91 Å². The Morgan fingerprint density at radius 3 is 2.71 bits per heavy atom. The SMILES string of the molecule is COC1(COc2ccccc2C)CCN(C(=O)c2ccncc2)C1. The van der Waals surface area contributed by atoms with Crippen molar-refractivity contribution >= 4 is 5.91 Å². The number of aryl methyl sites for hydroxylation is 1. The number of methoxy groups -OCH3 is 1. The zero-order valence-electron chi connectivity index (χ0n) is 14.1. The lowest BCUT2D eigenvalue weighted by Gasteiger charge is -2.28. The largest absolute Gasteiger partial charge is 0.490 e. The number of aromatic nitrogens is 1. The topological polar surface area (TPSA) is 51.7 Å². The molecule has 1 atom stereocenters. The number of rotatable bonds is 5. The van der Waals surface area contributed by atoms with Gasteiger partial charge in [0.2, 0.25) is 0 Å². The van der Waals surface area contributed by atoms with Crippen molar-refractivity contribution in [3.8, 4) is 5.75 Å². The van der Waals surface area contributed by atoms with Crippen LogP contribution in [0.25, 0.3) is 0 Å². The summed E-state index contributed by atoms with van der Waals surface area (Å²) in [4.78, 5) is 18.4. The summed E-state index contributed by atoms with van der Waals surface area (Å²) < 4.78 is 11.7. The molecular weight excluding hydrogens is 304 g/mol. The van der Waals surface area contributed by atoms with E-state index in [0.29, 0.717) is 25.3 Å². The molecule has 1 unspecified atom stereocenters. The highest BCUT2D eigenvalue weighted by Crippen LogP contribution is 2.28. The third-order valence-electron chi connectivity index (χ3n) is 4.55. The molecule has 3 rings (SSSR count). The Labute approximate surface area is 142 Å². The highest BCUT2D eigenvalue weighted by atomic mass is 16.5. The monoisotopic (exact) mass is 326 g/mol. The van der Waals surface area contributed by atoms with Crippen LogP contribution < -0.4 is 4.74 Å². The minimum Gasteiger partial charge on any atom is -0.490 e. The Kier molecular flexibility index (Phi) is 4.81. The fourth-order valence-corrected chi connectivity index (χ4v) is 2.97. The van der Waals surface area contributed by atoms with E-state index in [2.05, 4.69) is 4.98 Å². The molecule has 0 aliphatic carbocycles. The van der Waals surface area contributed by atoms with Gasteiger partial charge in [0.1, 0.15) is 18.0 Å². The van der Waals surface area contributed by atoms with Crippen molar-refractivity contribution in [3.05, 3.63) is 59.9 Å². The molecule has 0 radical (unpaired) electrons. The van der Waals surface area contributed by atoms with Crippen molar-refractivity contribution in [2.75, 3.05) is 26.8 Å². The molecule has 1 amide bonds. The van der Waals surface area contributed by atoms with Crippen LogP contribution in [0.15, 0.2) is 48.8 Å². The van der Waals surface area contributed by atoms with Crippen molar-refractivity contribution < 1.29 is 14.3 Å². The van der Waals surface area contributed by atoms with E-state index in [9.17, 15) is 4.79 Å². The number of hydrogen-bond donors (Lipinski definition) is 0. The first-order chi connectivity index (χ1) is 11.6. The number of amides is 1. The van der Waals surface area contributed by atoms with E-state index in [0.717, 1.165) is 17.7 Å². The third-order valence-corrected chi connectivity index (χ3v) is 4.55. The van der Waals surface area contributed by atoms with Crippen molar-refractivity contribution in [1.29, 1.82) is 0 Å². The van der Waals surface area contributed by atoms with Crippen LogP contribution in [-0.4, -0.2) is 48.2 Å². The molecule has 0 saturated carbocycles. The Morgan fingerprint density at radius 1 is 1.25 bits per heavy atom. The van der Waals surface area contributed by atoms with Crippen LogP contribution in [0, 0.1) is 6.92 Å². The second-order valence-corrected chi connectivity index (χ2v) is 6.15. The molecule has 2 heterocycles. The van der Waals surface area contributed by atoms with Gasteiger partial charge < -0.3 is 14.4 Å². The molecule has 0 bridgehead atoms. The van der Waals surface area contributed by atoms with Gasteiger partial charge in [0.05, 0.1) is 6.54 Å². The molecule has 5 nitrogen and oxygen atoms in total. The summed E-state index contributed by atoms with van der Waals surface area (Å²) in [7, 11) is 1.68. The maximum absolute atomic E-state index is 12.6. The first-order valence-electron chi connectivity index (χ1n) is 8.06. The second-order valence-electron chi connectivity index (χ2n) is 6.15. The van der Waals surface area contributed by atoms with E-state index in [1.54, 1.807) is 31.6 Å². The molecule has 1 aliphatic heterocycles. The first-order valence-corrected chi connectivity index (χ1v) is 8.06. The van der Waals surface area contributed by atoms with Crippen LogP contribution in [-0.2, 0) is 4.74 Å². The average Bonchev–Trinajstić information content (AvgIpc) is 3.06. The molecule has 1 aromatic carbocycles. The number of benzene rings is 1. The number of pyridine rings is 1. The molecule has 5 heteroatoms. The van der Waals surface area contributed by atoms with Crippen LogP contribution in [0.1, 0.15) is 22.3 Å². The van der Waals surface area contributed by atoms with Gasteiger partial charge in [-0.25, -0.2) is 0 Å². The molecule has 2 aromatic rings. The maximum Gasteiger partial charge on any atom is 0.254 e. The van der Waals surface area contributed by atoms with E-state index in [1.165, 1.54) is 0 Å². The number of para-hydroxylation sites is 1. The number of ether oxygens (including phenoxy) is 2. The maximum atomic E-state index is 12.6. The van der Waals surface area contributed by atoms with Gasteiger partial charge in [0, 0.05) is 31.6 Å². The fraction of sp³-hybridized carbons (Fsp3) is 0.368. The zero-order chi connectivity index (χ0) is 17.0. The average molecular weight is 326 g/mol. The van der Waals surface area contributed by atoms with Gasteiger partial charge in [-0.2, -0.15) is 0 Å². The van der Waals surface area contributed by atoms with E-state index >= 15 is 0 Å². The fourth-order valence-electron chi connectivity index (χ4n) is 2.97. The van der Waals surface area contributed by atoms with Crippen molar-refractivity contribution in [2.45, 2.75) is 18.9 Å². The Hall–Kier alpha value is -2.40. The summed E-state index contributed by atoms with van der Waals surface area (Å²) in [5.74, 6) is 0.861. The molecule has 24 heavy (non-hydrogen) atoms. The van der Waals surface area contributed by atoms with Crippen molar-refractivity contribution in [3.63, 3.8) is 0 Å². The standard InChI is InChI=1S/C19H22N2O3/c1-15-5-3-4-6-17(15)24-14-19(23-2)9-12-21(13-19)18(22)16-7-10-20-11-8-16/h3-8,10-11H,9,12-14H2,1-2H3. The van der Waals surface area contributed by atoms with E-state index in [1.807, 2.05) is 36.1 Å². The molecule has 0 spiro atoms. The van der Waals surface area contributed by atoms with Gasteiger partial charge in [-0.15, -0.1) is 0 Å². The van der Waals surface area contributed by atoms with Crippen molar-refractivity contribution in [1.82, 2.24) is 9.88 Å². The number of hydrogen-bond acceptors (Lipinski definition) is 4. The van der Waals surface area contributed by atoms with Crippen LogP contribution >= 0.6 is 0 Å². The summed E-state index contributed by atoms with van der Waals surface area (Å²) in [6.07, 6.45) is 4.02. The zero-order valence-corrected chi connectivity index (χ0v) is 14.1. The Morgan fingerprint density at radius 2 is 2.00 bits per heavy atom. The first kappa shape index (κ1) is 16.5. The van der Waals surface area contributed by atoms with Crippen LogP contribution in [0.4, 0.5) is 0 Å². The van der Waals surface area contributed by atoms with E-state index in [4.69, 9.17) is 9.47 Å². The van der Waals surface area contributed by atoms with Crippen LogP contribution in [0.2, 0.25) is 0 Å². The van der Waals surface area contributed by atoms with Gasteiger partial charge in [0.15, 0.2) is 0 Å². The summed E-state index contributed by atoms with van der Waals surface area (Å²) >= 11 is 0. The van der Waals surface area contributed by atoms with Crippen LogP contribution in [0.3, 0.4) is 0 Å². The molecule has 0 N–H and O–H groups in total. The quantitative estimate of drug-likeness (QED) is 0.848. The predicted molar refractivity (Wildman–Crippen MR) is 91.2 cm³/mol.